The second kappa shape index (κ2) is 10.4. The molecule has 0 saturated heterocycles. The van der Waals surface area contributed by atoms with Crippen molar-refractivity contribution < 1.29 is 18.9 Å². The number of anilines is 6. The smallest absolute Gasteiger partial charge is 0.243 e. The number of nitrogens with zero attached hydrogens (tertiary/aromatic N) is 2. The molecule has 0 fully saturated rings. The summed E-state index contributed by atoms with van der Waals surface area (Å²) in [7, 11) is 0. The Morgan fingerprint density at radius 2 is 0.515 bits per heavy atom. The number of hydrogen-bond acceptors (Lipinski definition) is 6. The monoisotopic (exact) mass is 844 g/mol. The normalized spacial score (nSPS) is 17.7. The highest BCUT2D eigenvalue weighted by molar-refractivity contribution is 6.98. The van der Waals surface area contributed by atoms with Gasteiger partial charge in [0.25, 0.3) is 0 Å². The van der Waals surface area contributed by atoms with Crippen LogP contribution < -0.4 is 45.1 Å². The van der Waals surface area contributed by atoms with Crippen LogP contribution in [0, 0.1) is 0 Å². The molecule has 0 unspecified atom stereocenters. The van der Waals surface area contributed by atoms with E-state index >= 15 is 0 Å². The van der Waals surface area contributed by atoms with Crippen LogP contribution in [-0.2, 0) is 16.2 Å². The fourth-order valence-electron chi connectivity index (χ4n) is 14.8. The lowest BCUT2D eigenvalue weighted by molar-refractivity contribution is 0.440. The van der Waals surface area contributed by atoms with Crippen molar-refractivity contribution in [3.8, 4) is 46.0 Å². The van der Waals surface area contributed by atoms with Gasteiger partial charge in [-0.15, -0.1) is 0 Å². The summed E-state index contributed by atoms with van der Waals surface area (Å²) in [5.41, 5.74) is 21.3. The molecule has 9 aliphatic rings. The van der Waals surface area contributed by atoms with Gasteiger partial charge in [0.15, 0.2) is 46.0 Å². The van der Waals surface area contributed by atoms with E-state index in [9.17, 15) is 0 Å². The van der Waals surface area contributed by atoms with Crippen molar-refractivity contribution in [1.29, 1.82) is 0 Å². The molecule has 0 aliphatic carbocycles. The molecule has 66 heavy (non-hydrogen) atoms. The van der Waals surface area contributed by atoms with Gasteiger partial charge in [0.05, 0.1) is 33.6 Å². The quantitative estimate of drug-likeness (QED) is 0.142. The van der Waals surface area contributed by atoms with Crippen molar-refractivity contribution in [3.05, 3.63) is 219 Å². The molecule has 0 N–H and O–H groups in total. The lowest BCUT2D eigenvalue weighted by Gasteiger charge is -2.58. The minimum absolute atomic E-state index is 0.0215. The van der Waals surface area contributed by atoms with Gasteiger partial charge < -0.3 is 18.9 Å². The predicted molar refractivity (Wildman–Crippen MR) is 257 cm³/mol. The van der Waals surface area contributed by atoms with Gasteiger partial charge in [0, 0.05) is 5.41 Å². The standard InChI is InChI=1S/C59H33BN2O4/c1-57(2)30-12-3-14-32-48(30)60-49-31(57)13-4-15-33(49)59(38-20-8-24-42-53(38)62-54-39(59)21-9-25-43(54)66-47-29-11-28-46(65-42)56(47)62)35-17-5-16-34(50(35)60)58(32)36-18-6-22-40-51(36)61-52-37(58)19-7-23-41(52)64-45-27-10-26-44(63-40)55(45)61/h3-29H,1-2H3. The highest BCUT2D eigenvalue weighted by Gasteiger charge is 2.64. The zero-order valence-electron chi connectivity index (χ0n) is 35.7. The second-order valence-electron chi connectivity index (χ2n) is 19.8. The van der Waals surface area contributed by atoms with Crippen molar-refractivity contribution in [2.24, 2.45) is 0 Å². The van der Waals surface area contributed by atoms with E-state index in [1.54, 1.807) is 0 Å². The van der Waals surface area contributed by atoms with Crippen molar-refractivity contribution in [1.82, 2.24) is 0 Å². The predicted octanol–water partition coefficient (Wildman–Crippen LogP) is 12.2. The van der Waals surface area contributed by atoms with Crippen LogP contribution in [0.2, 0.25) is 0 Å². The first-order valence-electron chi connectivity index (χ1n) is 23.0. The van der Waals surface area contributed by atoms with Crippen LogP contribution in [0.3, 0.4) is 0 Å². The zero-order valence-corrected chi connectivity index (χ0v) is 35.7. The maximum atomic E-state index is 6.95. The lowest BCUT2D eigenvalue weighted by atomic mass is 9.22. The summed E-state index contributed by atoms with van der Waals surface area (Å²) in [4.78, 5) is 4.89. The molecule has 9 aromatic rings. The number of benzene rings is 9. The van der Waals surface area contributed by atoms with Crippen LogP contribution in [0.1, 0.15) is 69.5 Å². The van der Waals surface area contributed by atoms with Gasteiger partial charge in [-0.3, -0.25) is 9.80 Å². The summed E-state index contributed by atoms with van der Waals surface area (Å²) in [6, 6.07) is 60.7. The minimum Gasteiger partial charge on any atom is -0.453 e. The maximum absolute atomic E-state index is 6.95. The van der Waals surface area contributed by atoms with E-state index in [-0.39, 0.29) is 12.1 Å². The Hall–Kier alpha value is -8.16. The lowest BCUT2D eigenvalue weighted by Crippen LogP contribution is -2.73. The zero-order chi connectivity index (χ0) is 42.7. The fourth-order valence-corrected chi connectivity index (χ4v) is 14.8. The third-order valence-electron chi connectivity index (χ3n) is 16.9. The van der Waals surface area contributed by atoms with E-state index in [0.29, 0.717) is 0 Å². The second-order valence-corrected chi connectivity index (χ2v) is 19.8. The van der Waals surface area contributed by atoms with E-state index in [1.807, 2.05) is 12.1 Å². The van der Waals surface area contributed by atoms with Crippen molar-refractivity contribution in [2.45, 2.75) is 30.1 Å². The van der Waals surface area contributed by atoms with Crippen LogP contribution >= 0.6 is 0 Å². The number of rotatable bonds is 0. The Balaban J connectivity index is 1.05. The molecule has 0 aromatic heterocycles. The molecule has 9 aromatic carbocycles. The Kier molecular flexibility index (Phi) is 5.24. The number of hydrogen-bond donors (Lipinski definition) is 0. The van der Waals surface area contributed by atoms with E-state index < -0.39 is 10.8 Å². The number of para-hydroxylation sites is 6. The largest absolute Gasteiger partial charge is 0.453 e. The van der Waals surface area contributed by atoms with Crippen molar-refractivity contribution in [2.75, 3.05) is 9.80 Å². The SMILES string of the molecule is CC1(C)c2cccc3c2B2c4c1cccc4C1(c4cccc(c42)C32c3cccc4c3N3c5c(cccc5Oc5cccc2c53)O4)c2cccc3c2N2c4c(cccc4Oc4cccc1c42)O3. The first kappa shape index (κ1) is 33.4. The first-order valence-corrected chi connectivity index (χ1v) is 23.0. The van der Waals surface area contributed by atoms with Gasteiger partial charge >= 0.3 is 0 Å². The molecule has 0 saturated carbocycles. The summed E-state index contributed by atoms with van der Waals surface area (Å²) >= 11 is 0. The van der Waals surface area contributed by atoms with Gasteiger partial charge in [-0.1, -0.05) is 145 Å². The topological polar surface area (TPSA) is 43.4 Å². The summed E-state index contributed by atoms with van der Waals surface area (Å²) in [6.07, 6.45) is 0. The Bertz CT molecular complexity index is 3530. The molecule has 0 radical (unpaired) electrons. The Labute approximate surface area is 379 Å². The minimum atomic E-state index is -0.759. The Morgan fingerprint density at radius 3 is 0.833 bits per heavy atom. The van der Waals surface area contributed by atoms with Gasteiger partial charge in [0.1, 0.15) is 11.4 Å². The molecule has 2 spiro atoms. The molecule has 9 heterocycles. The molecule has 0 bridgehead atoms. The molecule has 306 valence electrons. The average molecular weight is 845 g/mol. The molecule has 9 aliphatic heterocycles. The molecule has 18 rings (SSSR count). The molecule has 6 nitrogen and oxygen atoms in total. The van der Waals surface area contributed by atoms with Crippen LogP contribution in [0.25, 0.3) is 0 Å². The summed E-state index contributed by atoms with van der Waals surface area (Å²) < 4.78 is 27.8. The van der Waals surface area contributed by atoms with Crippen LogP contribution in [-0.4, -0.2) is 6.71 Å². The highest BCUT2D eigenvalue weighted by Crippen LogP contribution is 2.72. The molecule has 0 atom stereocenters. The van der Waals surface area contributed by atoms with Crippen molar-refractivity contribution in [3.63, 3.8) is 0 Å². The van der Waals surface area contributed by atoms with Gasteiger partial charge in [-0.05, 0) is 104 Å². The van der Waals surface area contributed by atoms with Gasteiger partial charge in [-0.25, -0.2) is 0 Å². The first-order chi connectivity index (χ1) is 32.5. The Morgan fingerprint density at radius 1 is 0.288 bits per heavy atom. The van der Waals surface area contributed by atoms with Crippen LogP contribution in [0.15, 0.2) is 164 Å². The average Bonchev–Trinajstić information content (AvgIpc) is 3.35. The van der Waals surface area contributed by atoms with Gasteiger partial charge in [0.2, 0.25) is 6.71 Å². The fraction of sp³-hybridized carbons (Fsp3) is 0.0847. The van der Waals surface area contributed by atoms with Gasteiger partial charge in [-0.2, -0.15) is 0 Å². The highest BCUT2D eigenvalue weighted by atomic mass is 16.5. The van der Waals surface area contributed by atoms with E-state index in [0.717, 1.165) is 80.1 Å². The maximum Gasteiger partial charge on any atom is 0.243 e. The van der Waals surface area contributed by atoms with Crippen molar-refractivity contribution >= 4 is 57.2 Å². The summed E-state index contributed by atoms with van der Waals surface area (Å²) in [5.74, 6) is 6.57. The van der Waals surface area contributed by atoms with E-state index in [2.05, 4.69) is 175 Å². The third-order valence-corrected chi connectivity index (χ3v) is 16.9. The van der Waals surface area contributed by atoms with Crippen LogP contribution in [0.4, 0.5) is 34.1 Å². The third kappa shape index (κ3) is 3.18. The molecular formula is C59H33BN2O4. The van der Waals surface area contributed by atoms with Crippen LogP contribution in [0.5, 0.6) is 46.0 Å². The number of ether oxygens (including phenoxy) is 4. The molecule has 7 heteroatoms. The summed E-state index contributed by atoms with van der Waals surface area (Å²) in [5, 5.41) is 0. The van der Waals surface area contributed by atoms with E-state index in [4.69, 9.17) is 18.9 Å². The molecule has 0 amide bonds. The number of fused-ring (bicyclic) bond motifs is 8. The summed E-state index contributed by atoms with van der Waals surface area (Å²) in [6.45, 7) is 4.87. The van der Waals surface area contributed by atoms with E-state index in [1.165, 1.54) is 72.0 Å². The molecular weight excluding hydrogens is 811 g/mol.